The van der Waals surface area contributed by atoms with E-state index in [2.05, 4.69) is 17.3 Å². The van der Waals surface area contributed by atoms with Crippen molar-refractivity contribution in [1.29, 1.82) is 0 Å². The summed E-state index contributed by atoms with van der Waals surface area (Å²) in [6.07, 6.45) is 6.78. The third kappa shape index (κ3) is 2.38. The van der Waals surface area contributed by atoms with Gasteiger partial charge in [-0.2, -0.15) is 0 Å². The summed E-state index contributed by atoms with van der Waals surface area (Å²) in [5.41, 5.74) is 1.15. The Morgan fingerprint density at radius 2 is 2.35 bits per heavy atom. The highest BCUT2D eigenvalue weighted by Crippen LogP contribution is 2.28. The lowest BCUT2D eigenvalue weighted by molar-refractivity contribution is 0.248. The first-order chi connectivity index (χ1) is 8.33. The van der Waals surface area contributed by atoms with Gasteiger partial charge in [0.1, 0.15) is 6.26 Å². The average molecular weight is 235 g/mol. The van der Waals surface area contributed by atoms with Crippen LogP contribution in [-0.2, 0) is 0 Å². The summed E-state index contributed by atoms with van der Waals surface area (Å²) in [5, 5.41) is 3.43. The van der Waals surface area contributed by atoms with Crippen molar-refractivity contribution < 1.29 is 4.42 Å². The Bertz CT molecular complexity index is 370. The van der Waals surface area contributed by atoms with Crippen LogP contribution in [0, 0.1) is 0 Å². The number of nitrogens with zero attached hydrogens (tertiary/aromatic N) is 2. The normalized spacial score (nSPS) is 30.9. The molecule has 0 bridgehead atoms. The Hall–Kier alpha value is -0.870. The molecule has 3 heterocycles. The molecule has 2 atom stereocenters. The Morgan fingerprint density at radius 3 is 3.12 bits per heavy atom. The van der Waals surface area contributed by atoms with Gasteiger partial charge in [-0.05, 0) is 45.8 Å². The molecule has 0 aliphatic carbocycles. The number of likely N-dealkylation sites (tertiary alicyclic amines) is 1. The van der Waals surface area contributed by atoms with Crippen molar-refractivity contribution in [2.45, 2.75) is 37.6 Å². The van der Waals surface area contributed by atoms with Crippen LogP contribution in [0.1, 0.15) is 49.2 Å². The topological polar surface area (TPSA) is 41.3 Å². The van der Waals surface area contributed by atoms with Crippen molar-refractivity contribution in [3.63, 3.8) is 0 Å². The average Bonchev–Trinajstić information content (AvgIpc) is 3.00. The molecule has 1 aromatic rings. The van der Waals surface area contributed by atoms with Crippen LogP contribution in [0.3, 0.4) is 0 Å². The second kappa shape index (κ2) is 4.78. The van der Waals surface area contributed by atoms with Gasteiger partial charge < -0.3 is 14.6 Å². The maximum atomic E-state index is 5.64. The number of aromatic nitrogens is 1. The van der Waals surface area contributed by atoms with Crippen LogP contribution in [0.25, 0.3) is 0 Å². The van der Waals surface area contributed by atoms with Gasteiger partial charge in [-0.3, -0.25) is 0 Å². The number of hydrogen-bond acceptors (Lipinski definition) is 4. The molecule has 0 saturated carbocycles. The van der Waals surface area contributed by atoms with Crippen LogP contribution in [0.4, 0.5) is 0 Å². The first-order valence-electron chi connectivity index (χ1n) is 6.70. The molecule has 0 amide bonds. The van der Waals surface area contributed by atoms with E-state index in [0.717, 1.165) is 31.1 Å². The summed E-state index contributed by atoms with van der Waals surface area (Å²) < 4.78 is 5.64. The van der Waals surface area contributed by atoms with Crippen molar-refractivity contribution in [2.24, 2.45) is 0 Å². The second-order valence-corrected chi connectivity index (χ2v) is 5.36. The fraction of sp³-hybridized carbons (Fsp3) is 0.769. The van der Waals surface area contributed by atoms with Crippen molar-refractivity contribution in [3.05, 3.63) is 17.8 Å². The minimum absolute atomic E-state index is 0.352. The summed E-state index contributed by atoms with van der Waals surface area (Å²) in [7, 11) is 2.19. The van der Waals surface area contributed by atoms with Crippen molar-refractivity contribution >= 4 is 0 Å². The second-order valence-electron chi connectivity index (χ2n) is 5.36. The molecule has 2 unspecified atom stereocenters. The molecule has 0 spiro atoms. The Morgan fingerprint density at radius 1 is 1.41 bits per heavy atom. The third-order valence-corrected chi connectivity index (χ3v) is 3.94. The predicted molar refractivity (Wildman–Crippen MR) is 66.0 cm³/mol. The molecule has 3 rings (SSSR count). The molecule has 2 aliphatic heterocycles. The molecule has 0 aromatic carbocycles. The van der Waals surface area contributed by atoms with Crippen LogP contribution < -0.4 is 5.32 Å². The highest BCUT2D eigenvalue weighted by molar-refractivity contribution is 5.08. The Balaban J connectivity index is 1.70. The first kappa shape index (κ1) is 11.2. The number of rotatable bonds is 2. The zero-order valence-corrected chi connectivity index (χ0v) is 10.5. The molecular weight excluding hydrogens is 214 g/mol. The number of piperidine rings is 1. The van der Waals surface area contributed by atoms with Crippen molar-refractivity contribution in [3.8, 4) is 0 Å². The van der Waals surface area contributed by atoms with Crippen LogP contribution in [0.15, 0.2) is 10.7 Å². The minimum atomic E-state index is 0.352. The SMILES string of the molecule is CN1CCCC(c2coc(C3CCCN3)n2)C1. The number of nitrogens with one attached hydrogen (secondary N) is 1. The van der Waals surface area contributed by atoms with Crippen molar-refractivity contribution in [1.82, 2.24) is 15.2 Å². The number of likely N-dealkylation sites (N-methyl/N-ethyl adjacent to an activating group) is 1. The highest BCUT2D eigenvalue weighted by atomic mass is 16.3. The van der Waals surface area contributed by atoms with Gasteiger partial charge in [0.2, 0.25) is 5.89 Å². The Labute approximate surface area is 102 Å². The van der Waals surface area contributed by atoms with E-state index in [9.17, 15) is 0 Å². The molecule has 4 nitrogen and oxygen atoms in total. The van der Waals surface area contributed by atoms with Crippen LogP contribution >= 0.6 is 0 Å². The van der Waals surface area contributed by atoms with Gasteiger partial charge in [0, 0.05) is 12.5 Å². The van der Waals surface area contributed by atoms with E-state index in [1.54, 1.807) is 0 Å². The summed E-state index contributed by atoms with van der Waals surface area (Å²) >= 11 is 0. The van der Waals surface area contributed by atoms with Crippen LogP contribution in [-0.4, -0.2) is 36.6 Å². The van der Waals surface area contributed by atoms with E-state index in [1.807, 2.05) is 6.26 Å². The van der Waals surface area contributed by atoms with Gasteiger partial charge >= 0.3 is 0 Å². The van der Waals surface area contributed by atoms with Gasteiger partial charge in [0.05, 0.1) is 11.7 Å². The maximum Gasteiger partial charge on any atom is 0.211 e. The monoisotopic (exact) mass is 235 g/mol. The van der Waals surface area contributed by atoms with Gasteiger partial charge in [0.25, 0.3) is 0 Å². The van der Waals surface area contributed by atoms with Gasteiger partial charge in [-0.25, -0.2) is 4.98 Å². The fourth-order valence-electron chi connectivity index (χ4n) is 2.95. The summed E-state index contributed by atoms with van der Waals surface area (Å²) in [4.78, 5) is 7.08. The predicted octanol–water partition coefficient (Wildman–Crippen LogP) is 1.91. The summed E-state index contributed by atoms with van der Waals surface area (Å²) in [6, 6.07) is 0.352. The van der Waals surface area contributed by atoms with Crippen LogP contribution in [0.2, 0.25) is 0 Å². The van der Waals surface area contributed by atoms with Gasteiger partial charge in [-0.1, -0.05) is 0 Å². The minimum Gasteiger partial charge on any atom is -0.447 e. The molecule has 1 N–H and O–H groups in total. The largest absolute Gasteiger partial charge is 0.447 e. The van der Waals surface area contributed by atoms with Crippen LogP contribution in [0.5, 0.6) is 0 Å². The molecule has 2 fully saturated rings. The van der Waals surface area contributed by atoms with E-state index in [-0.39, 0.29) is 0 Å². The summed E-state index contributed by atoms with van der Waals surface area (Å²) in [5.74, 6) is 1.46. The molecule has 1 aromatic heterocycles. The quantitative estimate of drug-likeness (QED) is 0.850. The lowest BCUT2D eigenvalue weighted by atomic mass is 9.96. The molecule has 17 heavy (non-hydrogen) atoms. The zero-order chi connectivity index (χ0) is 11.7. The lowest BCUT2D eigenvalue weighted by Gasteiger charge is -2.28. The van der Waals surface area contributed by atoms with Crippen molar-refractivity contribution in [2.75, 3.05) is 26.7 Å². The molecule has 0 radical (unpaired) electrons. The van der Waals surface area contributed by atoms with E-state index in [4.69, 9.17) is 9.40 Å². The van der Waals surface area contributed by atoms with E-state index >= 15 is 0 Å². The lowest BCUT2D eigenvalue weighted by Crippen LogP contribution is -2.31. The molecule has 94 valence electrons. The fourth-order valence-corrected chi connectivity index (χ4v) is 2.95. The molecular formula is C13H21N3O. The van der Waals surface area contributed by atoms with E-state index in [1.165, 1.54) is 25.8 Å². The number of hydrogen-bond donors (Lipinski definition) is 1. The van der Waals surface area contributed by atoms with E-state index in [0.29, 0.717) is 12.0 Å². The molecule has 2 saturated heterocycles. The molecule has 4 heteroatoms. The third-order valence-electron chi connectivity index (χ3n) is 3.94. The molecule has 2 aliphatic rings. The summed E-state index contributed by atoms with van der Waals surface area (Å²) in [6.45, 7) is 3.42. The van der Waals surface area contributed by atoms with Gasteiger partial charge in [-0.15, -0.1) is 0 Å². The Kier molecular flexibility index (Phi) is 3.16. The van der Waals surface area contributed by atoms with E-state index < -0.39 is 0 Å². The zero-order valence-electron chi connectivity index (χ0n) is 10.5. The standard InChI is InChI=1S/C13H21N3O/c1-16-7-3-4-10(8-16)12-9-17-13(15-12)11-5-2-6-14-11/h9-11,14H,2-8H2,1H3. The highest BCUT2D eigenvalue weighted by Gasteiger charge is 2.25. The maximum absolute atomic E-state index is 5.64. The smallest absolute Gasteiger partial charge is 0.211 e. The first-order valence-corrected chi connectivity index (χ1v) is 6.70. The number of oxazole rings is 1. The van der Waals surface area contributed by atoms with Gasteiger partial charge in [0.15, 0.2) is 0 Å².